The molecule has 1 aliphatic rings. The second-order valence-electron chi connectivity index (χ2n) is 3.00. The standard InChI is InChI=1S/C7H14O3/c1-7(2,6-5-9-6)10-4-3-8/h6,8H,3-5H2,1-2H3. The van der Waals surface area contributed by atoms with Crippen molar-refractivity contribution in [3.05, 3.63) is 0 Å². The third kappa shape index (κ3) is 1.94. The van der Waals surface area contributed by atoms with Gasteiger partial charge in [0, 0.05) is 0 Å². The Morgan fingerprint density at radius 2 is 2.30 bits per heavy atom. The van der Waals surface area contributed by atoms with Crippen LogP contribution in [0.4, 0.5) is 0 Å². The fourth-order valence-corrected chi connectivity index (χ4v) is 0.851. The summed E-state index contributed by atoms with van der Waals surface area (Å²) in [4.78, 5) is 0. The third-order valence-electron chi connectivity index (χ3n) is 1.67. The van der Waals surface area contributed by atoms with Gasteiger partial charge in [0.05, 0.1) is 25.4 Å². The fraction of sp³-hybridized carbons (Fsp3) is 1.00. The van der Waals surface area contributed by atoms with Gasteiger partial charge in [0.1, 0.15) is 6.10 Å². The molecule has 1 rings (SSSR count). The molecular formula is C7H14O3. The molecule has 0 radical (unpaired) electrons. The van der Waals surface area contributed by atoms with E-state index in [1.54, 1.807) is 0 Å². The van der Waals surface area contributed by atoms with E-state index in [4.69, 9.17) is 14.6 Å². The zero-order chi connectivity index (χ0) is 7.61. The first-order valence-electron chi connectivity index (χ1n) is 3.53. The van der Waals surface area contributed by atoms with E-state index < -0.39 is 0 Å². The van der Waals surface area contributed by atoms with Gasteiger partial charge in [-0.3, -0.25) is 0 Å². The molecule has 60 valence electrons. The summed E-state index contributed by atoms with van der Waals surface area (Å²) < 4.78 is 10.4. The van der Waals surface area contributed by atoms with Crippen LogP contribution < -0.4 is 0 Å². The van der Waals surface area contributed by atoms with Gasteiger partial charge in [-0.05, 0) is 13.8 Å². The quantitative estimate of drug-likeness (QED) is 0.575. The summed E-state index contributed by atoms with van der Waals surface area (Å²) in [5.41, 5.74) is -0.220. The predicted octanol–water partition coefficient (Wildman–Crippen LogP) is 0.173. The summed E-state index contributed by atoms with van der Waals surface area (Å²) >= 11 is 0. The Kier molecular flexibility index (Phi) is 2.28. The molecule has 0 aliphatic carbocycles. The lowest BCUT2D eigenvalue weighted by Gasteiger charge is -2.22. The number of hydrogen-bond acceptors (Lipinski definition) is 3. The van der Waals surface area contributed by atoms with Crippen molar-refractivity contribution >= 4 is 0 Å². The van der Waals surface area contributed by atoms with Crippen LogP contribution >= 0.6 is 0 Å². The summed E-state index contributed by atoms with van der Waals surface area (Å²) in [6.07, 6.45) is 0.235. The zero-order valence-corrected chi connectivity index (χ0v) is 6.46. The van der Waals surface area contributed by atoms with E-state index in [0.29, 0.717) is 6.61 Å². The second kappa shape index (κ2) is 2.86. The van der Waals surface area contributed by atoms with Crippen LogP contribution in [-0.2, 0) is 9.47 Å². The Balaban J connectivity index is 2.20. The molecule has 3 nitrogen and oxygen atoms in total. The number of aliphatic hydroxyl groups excluding tert-OH is 1. The summed E-state index contributed by atoms with van der Waals surface area (Å²) in [6, 6.07) is 0. The van der Waals surface area contributed by atoms with Crippen LogP contribution in [0.1, 0.15) is 13.8 Å². The molecule has 1 unspecified atom stereocenters. The normalized spacial score (nSPS) is 24.9. The van der Waals surface area contributed by atoms with Gasteiger partial charge in [-0.25, -0.2) is 0 Å². The second-order valence-corrected chi connectivity index (χ2v) is 3.00. The molecule has 1 fully saturated rings. The average molecular weight is 146 g/mol. The molecule has 0 amide bonds. The van der Waals surface area contributed by atoms with Crippen LogP contribution in [0.3, 0.4) is 0 Å². The molecule has 10 heavy (non-hydrogen) atoms. The monoisotopic (exact) mass is 146 g/mol. The van der Waals surface area contributed by atoms with Crippen molar-refractivity contribution in [2.24, 2.45) is 0 Å². The topological polar surface area (TPSA) is 42.0 Å². The molecule has 1 aliphatic heterocycles. The predicted molar refractivity (Wildman–Crippen MR) is 36.9 cm³/mol. The first-order chi connectivity index (χ1) is 4.67. The van der Waals surface area contributed by atoms with Gasteiger partial charge in [0.15, 0.2) is 0 Å². The molecule has 0 aromatic heterocycles. The maximum absolute atomic E-state index is 8.47. The van der Waals surface area contributed by atoms with E-state index in [-0.39, 0.29) is 18.3 Å². The van der Waals surface area contributed by atoms with Crippen molar-refractivity contribution in [1.82, 2.24) is 0 Å². The van der Waals surface area contributed by atoms with Gasteiger partial charge in [-0.15, -0.1) is 0 Å². The van der Waals surface area contributed by atoms with Crippen LogP contribution in [0.5, 0.6) is 0 Å². The van der Waals surface area contributed by atoms with E-state index in [2.05, 4.69) is 0 Å². The van der Waals surface area contributed by atoms with E-state index in [1.807, 2.05) is 13.8 Å². The molecule has 1 atom stereocenters. The number of hydrogen-bond donors (Lipinski definition) is 1. The van der Waals surface area contributed by atoms with E-state index in [1.165, 1.54) is 0 Å². The van der Waals surface area contributed by atoms with Gasteiger partial charge < -0.3 is 14.6 Å². The third-order valence-corrected chi connectivity index (χ3v) is 1.67. The van der Waals surface area contributed by atoms with Crippen LogP contribution in [0, 0.1) is 0 Å². The minimum absolute atomic E-state index is 0.0795. The van der Waals surface area contributed by atoms with Crippen molar-refractivity contribution in [3.63, 3.8) is 0 Å². The molecule has 0 spiro atoms. The van der Waals surface area contributed by atoms with Crippen molar-refractivity contribution in [2.45, 2.75) is 25.6 Å². The Hall–Kier alpha value is -0.120. The Labute approximate surface area is 60.9 Å². The van der Waals surface area contributed by atoms with Crippen LogP contribution in [0.25, 0.3) is 0 Å². The molecule has 1 saturated heterocycles. The Morgan fingerprint density at radius 1 is 1.70 bits per heavy atom. The lowest BCUT2D eigenvalue weighted by atomic mass is 10.1. The molecule has 0 bridgehead atoms. The van der Waals surface area contributed by atoms with Gasteiger partial charge in [0.25, 0.3) is 0 Å². The lowest BCUT2D eigenvalue weighted by molar-refractivity contribution is -0.0491. The van der Waals surface area contributed by atoms with Crippen LogP contribution in [-0.4, -0.2) is 36.6 Å². The van der Waals surface area contributed by atoms with Crippen LogP contribution in [0.2, 0.25) is 0 Å². The smallest absolute Gasteiger partial charge is 0.109 e. The van der Waals surface area contributed by atoms with Crippen molar-refractivity contribution in [1.29, 1.82) is 0 Å². The maximum Gasteiger partial charge on any atom is 0.109 e. The van der Waals surface area contributed by atoms with Crippen LogP contribution in [0.15, 0.2) is 0 Å². The fourth-order valence-electron chi connectivity index (χ4n) is 0.851. The molecule has 0 aromatic carbocycles. The number of rotatable bonds is 4. The highest BCUT2D eigenvalue weighted by Gasteiger charge is 2.40. The average Bonchev–Trinajstić information content (AvgIpc) is 2.64. The van der Waals surface area contributed by atoms with Gasteiger partial charge in [-0.2, -0.15) is 0 Å². The van der Waals surface area contributed by atoms with Crippen molar-refractivity contribution in [3.8, 4) is 0 Å². The first kappa shape index (κ1) is 7.98. The van der Waals surface area contributed by atoms with Gasteiger partial charge >= 0.3 is 0 Å². The Morgan fingerprint density at radius 3 is 2.70 bits per heavy atom. The molecule has 3 heteroatoms. The molecule has 0 saturated carbocycles. The number of epoxide rings is 1. The zero-order valence-electron chi connectivity index (χ0n) is 6.46. The van der Waals surface area contributed by atoms with E-state index in [0.717, 1.165) is 6.61 Å². The SMILES string of the molecule is CC(C)(OCCO)C1CO1. The lowest BCUT2D eigenvalue weighted by Crippen LogP contribution is -2.32. The first-order valence-corrected chi connectivity index (χ1v) is 3.53. The number of ether oxygens (including phenoxy) is 2. The Bertz CT molecular complexity index is 107. The number of aliphatic hydroxyl groups is 1. The highest BCUT2D eigenvalue weighted by molar-refractivity contribution is 4.88. The minimum atomic E-state index is -0.220. The van der Waals surface area contributed by atoms with Gasteiger partial charge in [0.2, 0.25) is 0 Å². The van der Waals surface area contributed by atoms with Crippen molar-refractivity contribution < 1.29 is 14.6 Å². The van der Waals surface area contributed by atoms with Crippen molar-refractivity contribution in [2.75, 3.05) is 19.8 Å². The summed E-state index contributed by atoms with van der Waals surface area (Å²) in [5.74, 6) is 0. The van der Waals surface area contributed by atoms with E-state index in [9.17, 15) is 0 Å². The molecule has 1 heterocycles. The summed E-state index contributed by atoms with van der Waals surface area (Å²) in [7, 11) is 0. The van der Waals surface area contributed by atoms with E-state index >= 15 is 0 Å². The molecular weight excluding hydrogens is 132 g/mol. The summed E-state index contributed by atoms with van der Waals surface area (Å²) in [6.45, 7) is 5.21. The highest BCUT2D eigenvalue weighted by Crippen LogP contribution is 2.26. The summed E-state index contributed by atoms with van der Waals surface area (Å²) in [5, 5.41) is 8.47. The molecule has 1 N–H and O–H groups in total. The largest absolute Gasteiger partial charge is 0.394 e. The highest BCUT2D eigenvalue weighted by atomic mass is 16.6. The van der Waals surface area contributed by atoms with Gasteiger partial charge in [-0.1, -0.05) is 0 Å². The molecule has 0 aromatic rings. The maximum atomic E-state index is 8.47. The minimum Gasteiger partial charge on any atom is -0.394 e.